The molecule has 360 valence electrons. The number of carboxylic acids is 1. The first kappa shape index (κ1) is 49.7. The molecule has 4 aliphatic rings. The topological polar surface area (TPSA) is 107 Å². The lowest BCUT2D eigenvalue weighted by atomic mass is 9.88. The van der Waals surface area contributed by atoms with Gasteiger partial charge in [0.15, 0.2) is 0 Å². The molecule has 0 radical (unpaired) electrons. The lowest BCUT2D eigenvalue weighted by Gasteiger charge is -2.31. The molecule has 2 aliphatic heterocycles. The van der Waals surface area contributed by atoms with E-state index in [1.54, 1.807) is 0 Å². The average Bonchev–Trinajstić information content (AvgIpc) is 3.31. The van der Waals surface area contributed by atoms with Gasteiger partial charge in [-0.3, -0.25) is 19.4 Å². The maximum atomic E-state index is 12.0. The summed E-state index contributed by atoms with van der Waals surface area (Å²) in [5.41, 5.74) is 2.54. The second-order valence-corrected chi connectivity index (χ2v) is 20.5. The predicted octanol–water partition coefficient (Wildman–Crippen LogP) is 11.5. The lowest BCUT2D eigenvalue weighted by molar-refractivity contribution is -0.149. The number of hydrogen-bond donors (Lipinski definition) is 1. The highest BCUT2D eigenvalue weighted by atomic mass is 16.5. The Hall–Kier alpha value is -4.22. The van der Waals surface area contributed by atoms with Crippen LogP contribution in [0.2, 0.25) is 0 Å². The van der Waals surface area contributed by atoms with E-state index in [0.717, 1.165) is 122 Å². The molecule has 2 aliphatic carbocycles. The molecule has 0 unspecified atom stereocenters. The van der Waals surface area contributed by atoms with Crippen molar-refractivity contribution < 1.29 is 38.4 Å². The molecule has 4 aromatic rings. The number of carboxylic acid groups (broad SMARTS) is 1. The van der Waals surface area contributed by atoms with Crippen LogP contribution in [0.4, 0.5) is 0 Å². The molecule has 2 heterocycles. The van der Waals surface area contributed by atoms with Crippen molar-refractivity contribution in [3.05, 3.63) is 83.9 Å². The number of esters is 1. The zero-order chi connectivity index (χ0) is 46.5. The number of nitrogens with zero attached hydrogens (tertiary/aromatic N) is 2. The predicted molar refractivity (Wildman–Crippen MR) is 263 cm³/mol. The summed E-state index contributed by atoms with van der Waals surface area (Å²) >= 11 is 0. The summed E-state index contributed by atoms with van der Waals surface area (Å²) in [6, 6.07) is 26.2. The van der Waals surface area contributed by atoms with Gasteiger partial charge in [-0.25, -0.2) is 0 Å². The molecule has 0 bridgehead atoms. The van der Waals surface area contributed by atoms with Gasteiger partial charge in [-0.2, -0.15) is 0 Å². The number of aliphatic carboxylic acids is 1. The number of carbonyl (C=O) groups is 2. The highest BCUT2D eigenvalue weighted by Gasteiger charge is 2.28. The van der Waals surface area contributed by atoms with E-state index in [1.807, 2.05) is 6.92 Å². The molecule has 10 heteroatoms. The highest BCUT2D eigenvalue weighted by Crippen LogP contribution is 2.33. The molecule has 0 spiro atoms. The third-order valence-corrected chi connectivity index (χ3v) is 14.2. The Balaban J connectivity index is 0.000000196. The molecule has 1 N–H and O–H groups in total. The number of benzene rings is 4. The van der Waals surface area contributed by atoms with Crippen LogP contribution in [0.25, 0.3) is 21.5 Å². The van der Waals surface area contributed by atoms with Crippen LogP contribution < -0.4 is 9.47 Å². The van der Waals surface area contributed by atoms with Gasteiger partial charge in [-0.15, -0.1) is 0 Å². The van der Waals surface area contributed by atoms with Crippen molar-refractivity contribution in [3.8, 4) is 11.5 Å². The molecule has 10 nitrogen and oxygen atoms in total. The molecular formula is C56H78N2O8. The van der Waals surface area contributed by atoms with Crippen molar-refractivity contribution in [1.29, 1.82) is 0 Å². The molecular weight excluding hydrogens is 829 g/mol. The van der Waals surface area contributed by atoms with Crippen LogP contribution in [0.3, 0.4) is 0 Å². The maximum Gasteiger partial charge on any atom is 0.309 e. The SMILES string of the molecule is CC(C)(C)OCC1CCC(Oc2ccc3cc(CN4CCC(C(=O)O)CC4)ccc3c2)CC1.CCOCC1CCC(Oc2ccc3cc(CN4CCC(C(=O)OCC)CC4)ccc3c2)CC1. The van der Waals surface area contributed by atoms with E-state index in [-0.39, 0.29) is 23.4 Å². The van der Waals surface area contributed by atoms with Crippen LogP contribution in [-0.4, -0.2) is 97.3 Å². The van der Waals surface area contributed by atoms with Gasteiger partial charge in [0.2, 0.25) is 0 Å². The van der Waals surface area contributed by atoms with E-state index < -0.39 is 5.97 Å². The Bertz CT molecular complexity index is 2140. The molecule has 0 atom stereocenters. The highest BCUT2D eigenvalue weighted by molar-refractivity contribution is 5.85. The minimum Gasteiger partial charge on any atom is -0.490 e. The number of rotatable bonds is 16. The maximum absolute atomic E-state index is 12.0. The van der Waals surface area contributed by atoms with E-state index in [0.29, 0.717) is 30.7 Å². The summed E-state index contributed by atoms with van der Waals surface area (Å²) in [7, 11) is 0. The van der Waals surface area contributed by atoms with Crippen molar-refractivity contribution >= 4 is 33.5 Å². The first-order valence-corrected chi connectivity index (χ1v) is 25.3. The van der Waals surface area contributed by atoms with Crippen LogP contribution in [0.1, 0.15) is 123 Å². The standard InChI is InChI=1S/2C28H39NO4/c1-28(2,3)32-19-20-5-9-25(10-6-20)33-26-11-8-23-16-21(4-7-24(23)17-26)18-29-14-12-22(13-15-29)27(30)31;1-3-31-20-21-6-10-26(11-7-21)33-27-12-9-24-17-22(5-8-25(24)18-27)19-29-15-13-23(14-16-29)28(30)32-4-2/h4,7-8,11,16-17,20,22,25H,5-6,9-10,12-15,18-19H2,1-3H3,(H,30,31);5,8-9,12,17-18,21,23,26H,3-4,6-7,10-11,13-16,19-20H2,1-2H3. The molecule has 0 aromatic heterocycles. The number of carbonyl (C=O) groups excluding carboxylic acids is 1. The molecule has 2 saturated heterocycles. The van der Waals surface area contributed by atoms with Crippen LogP contribution in [-0.2, 0) is 36.9 Å². The Morgan fingerprint density at radius 2 is 1.00 bits per heavy atom. The lowest BCUT2D eigenvalue weighted by Crippen LogP contribution is -2.36. The van der Waals surface area contributed by atoms with Gasteiger partial charge >= 0.3 is 11.9 Å². The fourth-order valence-electron chi connectivity index (χ4n) is 10.2. The summed E-state index contributed by atoms with van der Waals surface area (Å²) in [6.07, 6.45) is 13.0. The number of likely N-dealkylation sites (tertiary alicyclic amines) is 2. The van der Waals surface area contributed by atoms with Gasteiger partial charge in [0.1, 0.15) is 11.5 Å². The summed E-state index contributed by atoms with van der Waals surface area (Å²) < 4.78 is 29.4. The normalized spacial score (nSPS) is 22.7. The molecule has 2 saturated carbocycles. The van der Waals surface area contributed by atoms with Crippen molar-refractivity contribution in [2.24, 2.45) is 23.7 Å². The van der Waals surface area contributed by atoms with E-state index in [9.17, 15) is 14.7 Å². The van der Waals surface area contributed by atoms with Crippen molar-refractivity contribution in [2.75, 3.05) is 52.6 Å². The average molecular weight is 907 g/mol. The van der Waals surface area contributed by atoms with E-state index >= 15 is 0 Å². The fourth-order valence-corrected chi connectivity index (χ4v) is 10.2. The van der Waals surface area contributed by atoms with Crippen LogP contribution in [0, 0.1) is 23.7 Å². The molecule has 0 amide bonds. The van der Waals surface area contributed by atoms with Gasteiger partial charge in [0.05, 0.1) is 42.9 Å². The first-order valence-electron chi connectivity index (χ1n) is 25.3. The van der Waals surface area contributed by atoms with Crippen LogP contribution >= 0.6 is 0 Å². The van der Waals surface area contributed by atoms with Crippen molar-refractivity contribution in [2.45, 2.75) is 143 Å². The minimum absolute atomic E-state index is 0.0283. The second-order valence-electron chi connectivity index (χ2n) is 20.5. The van der Waals surface area contributed by atoms with Gasteiger partial charge in [-0.05, 0) is 219 Å². The van der Waals surface area contributed by atoms with E-state index in [2.05, 4.69) is 110 Å². The Morgan fingerprint density at radius 3 is 1.44 bits per heavy atom. The summed E-state index contributed by atoms with van der Waals surface area (Å²) in [5, 5.41) is 14.1. The van der Waals surface area contributed by atoms with Gasteiger partial charge in [-0.1, -0.05) is 36.4 Å². The zero-order valence-corrected chi connectivity index (χ0v) is 40.6. The van der Waals surface area contributed by atoms with E-state index in [1.165, 1.54) is 58.4 Å². The number of hydrogen-bond acceptors (Lipinski definition) is 9. The van der Waals surface area contributed by atoms with Crippen LogP contribution in [0.15, 0.2) is 72.8 Å². The largest absolute Gasteiger partial charge is 0.490 e. The van der Waals surface area contributed by atoms with Crippen LogP contribution in [0.5, 0.6) is 11.5 Å². The Morgan fingerprint density at radius 1 is 0.561 bits per heavy atom. The molecule has 66 heavy (non-hydrogen) atoms. The van der Waals surface area contributed by atoms with Gasteiger partial charge < -0.3 is 28.8 Å². The smallest absolute Gasteiger partial charge is 0.309 e. The fraction of sp³-hybridized carbons (Fsp3) is 0.607. The van der Waals surface area contributed by atoms with E-state index in [4.69, 9.17) is 23.7 Å². The molecule has 4 fully saturated rings. The first-order chi connectivity index (χ1) is 31.9. The molecule has 8 rings (SSSR count). The van der Waals surface area contributed by atoms with Gasteiger partial charge in [0.25, 0.3) is 0 Å². The third kappa shape index (κ3) is 15.1. The number of piperidine rings is 2. The van der Waals surface area contributed by atoms with Gasteiger partial charge in [0, 0.05) is 26.3 Å². The number of fused-ring (bicyclic) bond motifs is 2. The summed E-state index contributed by atoms with van der Waals surface area (Å²) in [5.74, 6) is 2.48. The third-order valence-electron chi connectivity index (χ3n) is 14.2. The quantitative estimate of drug-likeness (QED) is 0.109. The van der Waals surface area contributed by atoms with Crippen molar-refractivity contribution in [3.63, 3.8) is 0 Å². The summed E-state index contributed by atoms with van der Waals surface area (Å²) in [6.45, 7) is 18.7. The zero-order valence-electron chi connectivity index (χ0n) is 40.6. The second kappa shape index (κ2) is 24.2. The molecule has 4 aromatic carbocycles. The monoisotopic (exact) mass is 907 g/mol. The summed E-state index contributed by atoms with van der Waals surface area (Å²) in [4.78, 5) is 27.9. The number of ether oxygens (including phenoxy) is 5. The minimum atomic E-state index is -0.652. The Labute approximate surface area is 394 Å². The van der Waals surface area contributed by atoms with Crippen molar-refractivity contribution in [1.82, 2.24) is 9.80 Å². The Kier molecular flexibility index (Phi) is 18.2.